The minimum absolute atomic E-state index is 0.101. The highest BCUT2D eigenvalue weighted by atomic mass is 16.4. The summed E-state index contributed by atoms with van der Waals surface area (Å²) in [5.41, 5.74) is 0.914. The largest absolute Gasteiger partial charge is 0.481 e. The molecule has 1 aliphatic heterocycles. The van der Waals surface area contributed by atoms with Gasteiger partial charge in [0.1, 0.15) is 6.04 Å². The van der Waals surface area contributed by atoms with Gasteiger partial charge in [-0.25, -0.2) is 0 Å². The van der Waals surface area contributed by atoms with Gasteiger partial charge in [0.15, 0.2) is 0 Å². The third kappa shape index (κ3) is 7.13. The van der Waals surface area contributed by atoms with E-state index >= 15 is 0 Å². The molecule has 166 valence electrons. The van der Waals surface area contributed by atoms with Crippen molar-refractivity contribution in [3.05, 3.63) is 35.9 Å². The third-order valence-electron chi connectivity index (χ3n) is 5.72. The maximum atomic E-state index is 13.2. The molecule has 1 aromatic carbocycles. The van der Waals surface area contributed by atoms with Crippen molar-refractivity contribution in [3.63, 3.8) is 0 Å². The molecule has 1 heterocycles. The minimum Gasteiger partial charge on any atom is -0.481 e. The first kappa shape index (κ1) is 23.9. The molecule has 7 heteroatoms. The number of carbonyl (C=O) groups excluding carboxylic acids is 2. The molecule has 7 nitrogen and oxygen atoms in total. The average Bonchev–Trinajstić information content (AvgIpc) is 3.21. The lowest BCUT2D eigenvalue weighted by atomic mass is 9.95. The fraction of sp³-hybridized carbons (Fsp3) is 0.609. The Balaban J connectivity index is 2.16. The van der Waals surface area contributed by atoms with Gasteiger partial charge in [0.05, 0.1) is 19.1 Å². The van der Waals surface area contributed by atoms with Gasteiger partial charge < -0.3 is 20.4 Å². The molecular weight excluding hydrogens is 384 g/mol. The standard InChI is InChI=1S/C23H34N2O5/c1-2-3-5-11-18(15-21(27)28)22(29)24-20(14-17-9-6-4-7-10-17)23(30)25-13-8-12-19(25)16-26/h4,6-7,9-10,18-20,26H,2-3,5,8,11-16H2,1H3,(H,24,29)(H,27,28). The lowest BCUT2D eigenvalue weighted by Crippen LogP contribution is -2.53. The van der Waals surface area contributed by atoms with Crippen molar-refractivity contribution >= 4 is 17.8 Å². The number of aliphatic hydroxyl groups excluding tert-OH is 1. The number of amides is 2. The highest BCUT2D eigenvalue weighted by Crippen LogP contribution is 2.20. The number of benzene rings is 1. The third-order valence-corrected chi connectivity index (χ3v) is 5.72. The van der Waals surface area contributed by atoms with Gasteiger partial charge in [0.25, 0.3) is 0 Å². The predicted octanol–water partition coefficient (Wildman–Crippen LogP) is 2.37. The second-order valence-electron chi connectivity index (χ2n) is 8.05. The second kappa shape index (κ2) is 12.3. The van der Waals surface area contributed by atoms with Gasteiger partial charge in [-0.3, -0.25) is 14.4 Å². The Morgan fingerprint density at radius 1 is 1.20 bits per heavy atom. The van der Waals surface area contributed by atoms with Crippen molar-refractivity contribution in [3.8, 4) is 0 Å². The Bertz CT molecular complexity index is 694. The molecule has 3 atom stereocenters. The molecule has 30 heavy (non-hydrogen) atoms. The molecule has 1 fully saturated rings. The van der Waals surface area contributed by atoms with E-state index in [0.29, 0.717) is 19.4 Å². The summed E-state index contributed by atoms with van der Waals surface area (Å²) >= 11 is 0. The summed E-state index contributed by atoms with van der Waals surface area (Å²) < 4.78 is 0. The molecule has 1 aromatic rings. The summed E-state index contributed by atoms with van der Waals surface area (Å²) in [6, 6.07) is 8.43. The van der Waals surface area contributed by atoms with Crippen molar-refractivity contribution in [2.75, 3.05) is 13.2 Å². The van der Waals surface area contributed by atoms with Crippen molar-refractivity contribution in [2.24, 2.45) is 5.92 Å². The maximum absolute atomic E-state index is 13.2. The van der Waals surface area contributed by atoms with Crippen LogP contribution in [0.5, 0.6) is 0 Å². The lowest BCUT2D eigenvalue weighted by molar-refractivity contribution is -0.142. The molecule has 1 saturated heterocycles. The number of carboxylic acid groups (broad SMARTS) is 1. The molecule has 1 aliphatic rings. The highest BCUT2D eigenvalue weighted by molar-refractivity contribution is 5.90. The number of carbonyl (C=O) groups is 3. The molecule has 2 rings (SSSR count). The normalized spacial score (nSPS) is 18.1. The summed E-state index contributed by atoms with van der Waals surface area (Å²) in [6.07, 6.45) is 4.82. The number of unbranched alkanes of at least 4 members (excludes halogenated alkanes) is 2. The van der Waals surface area contributed by atoms with Crippen LogP contribution in [0.2, 0.25) is 0 Å². The number of carboxylic acids is 1. The molecule has 0 aromatic heterocycles. The molecule has 2 amide bonds. The van der Waals surface area contributed by atoms with Crippen LogP contribution in [0.3, 0.4) is 0 Å². The summed E-state index contributed by atoms with van der Waals surface area (Å²) in [5, 5.41) is 21.7. The van der Waals surface area contributed by atoms with Gasteiger partial charge in [0, 0.05) is 18.9 Å². The van der Waals surface area contributed by atoms with Gasteiger partial charge in [0.2, 0.25) is 11.8 Å². The van der Waals surface area contributed by atoms with E-state index in [1.54, 1.807) is 4.90 Å². The van der Waals surface area contributed by atoms with Gasteiger partial charge in [-0.1, -0.05) is 56.5 Å². The van der Waals surface area contributed by atoms with Crippen LogP contribution in [0.25, 0.3) is 0 Å². The van der Waals surface area contributed by atoms with Crippen LogP contribution in [-0.4, -0.2) is 58.1 Å². The number of aliphatic hydroxyl groups is 1. The Labute approximate surface area is 178 Å². The second-order valence-corrected chi connectivity index (χ2v) is 8.05. The minimum atomic E-state index is -1.02. The summed E-state index contributed by atoms with van der Waals surface area (Å²) in [7, 11) is 0. The van der Waals surface area contributed by atoms with Crippen LogP contribution in [0.15, 0.2) is 30.3 Å². The van der Waals surface area contributed by atoms with E-state index in [1.807, 2.05) is 30.3 Å². The van der Waals surface area contributed by atoms with Crippen molar-refractivity contribution in [1.82, 2.24) is 10.2 Å². The van der Waals surface area contributed by atoms with Gasteiger partial charge in [-0.05, 0) is 24.8 Å². The maximum Gasteiger partial charge on any atom is 0.304 e. The highest BCUT2D eigenvalue weighted by Gasteiger charge is 2.34. The predicted molar refractivity (Wildman–Crippen MR) is 114 cm³/mol. The molecule has 0 bridgehead atoms. The topological polar surface area (TPSA) is 107 Å². The van der Waals surface area contributed by atoms with Crippen molar-refractivity contribution < 1.29 is 24.6 Å². The Kier molecular flexibility index (Phi) is 9.80. The fourth-order valence-electron chi connectivity index (χ4n) is 4.03. The van der Waals surface area contributed by atoms with Crippen LogP contribution in [-0.2, 0) is 20.8 Å². The van der Waals surface area contributed by atoms with E-state index in [2.05, 4.69) is 12.2 Å². The average molecular weight is 419 g/mol. The molecule has 0 spiro atoms. The summed E-state index contributed by atoms with van der Waals surface area (Å²) in [5.74, 6) is -2.28. The first-order valence-corrected chi connectivity index (χ1v) is 10.9. The molecule has 3 unspecified atom stereocenters. The number of nitrogens with one attached hydrogen (secondary N) is 1. The van der Waals surface area contributed by atoms with Gasteiger partial charge >= 0.3 is 5.97 Å². The molecule has 3 N–H and O–H groups in total. The van der Waals surface area contributed by atoms with E-state index in [-0.39, 0.29) is 30.9 Å². The lowest BCUT2D eigenvalue weighted by Gasteiger charge is -2.29. The molecule has 0 saturated carbocycles. The number of hydrogen-bond donors (Lipinski definition) is 3. The van der Waals surface area contributed by atoms with Crippen LogP contribution in [0.1, 0.15) is 57.4 Å². The van der Waals surface area contributed by atoms with Crippen LogP contribution < -0.4 is 5.32 Å². The van der Waals surface area contributed by atoms with E-state index in [0.717, 1.165) is 37.7 Å². The Hall–Kier alpha value is -2.41. The zero-order chi connectivity index (χ0) is 21.9. The number of hydrogen-bond acceptors (Lipinski definition) is 4. The van der Waals surface area contributed by atoms with E-state index in [4.69, 9.17) is 0 Å². The van der Waals surface area contributed by atoms with E-state index < -0.39 is 17.9 Å². The monoisotopic (exact) mass is 418 g/mol. The van der Waals surface area contributed by atoms with Gasteiger partial charge in [-0.2, -0.15) is 0 Å². The summed E-state index contributed by atoms with van der Waals surface area (Å²) in [4.78, 5) is 39.1. The number of rotatable bonds is 12. The van der Waals surface area contributed by atoms with Crippen molar-refractivity contribution in [1.29, 1.82) is 0 Å². The molecule has 0 radical (unpaired) electrons. The smallest absolute Gasteiger partial charge is 0.304 e. The van der Waals surface area contributed by atoms with Gasteiger partial charge in [-0.15, -0.1) is 0 Å². The Morgan fingerprint density at radius 2 is 1.93 bits per heavy atom. The fourth-order valence-corrected chi connectivity index (χ4v) is 4.03. The quantitative estimate of drug-likeness (QED) is 0.452. The Morgan fingerprint density at radius 3 is 2.57 bits per heavy atom. The number of likely N-dealkylation sites (tertiary alicyclic amines) is 1. The molecular formula is C23H34N2O5. The van der Waals surface area contributed by atoms with Crippen molar-refractivity contribution in [2.45, 2.75) is 70.4 Å². The SMILES string of the molecule is CCCCCC(CC(=O)O)C(=O)NC(Cc1ccccc1)C(=O)N1CCCC1CO. The van der Waals surface area contributed by atoms with Crippen LogP contribution in [0, 0.1) is 5.92 Å². The number of nitrogens with zero attached hydrogens (tertiary/aromatic N) is 1. The van der Waals surface area contributed by atoms with E-state index in [1.165, 1.54) is 0 Å². The summed E-state index contributed by atoms with van der Waals surface area (Å²) in [6.45, 7) is 2.51. The van der Waals surface area contributed by atoms with Crippen LogP contribution in [0.4, 0.5) is 0 Å². The van der Waals surface area contributed by atoms with E-state index in [9.17, 15) is 24.6 Å². The zero-order valence-electron chi connectivity index (χ0n) is 17.8. The zero-order valence-corrected chi connectivity index (χ0v) is 17.8. The first-order valence-electron chi connectivity index (χ1n) is 10.9. The number of aliphatic carboxylic acids is 1. The van der Waals surface area contributed by atoms with Crippen LogP contribution >= 0.6 is 0 Å². The molecule has 0 aliphatic carbocycles. The first-order chi connectivity index (χ1) is 14.5.